The molecule has 5 heteroatoms. The number of nitrogens with zero attached hydrogens (tertiary/aromatic N) is 1. The average molecular weight is 310 g/mol. The van der Waals surface area contributed by atoms with E-state index in [2.05, 4.69) is 15.7 Å². The van der Waals surface area contributed by atoms with Crippen LogP contribution in [0.1, 0.15) is 62.1 Å². The van der Waals surface area contributed by atoms with Gasteiger partial charge in [0, 0.05) is 18.3 Å². The molecule has 0 saturated heterocycles. The van der Waals surface area contributed by atoms with Crippen LogP contribution in [-0.2, 0) is 11.2 Å². The molecule has 0 atom stereocenters. The lowest BCUT2D eigenvalue weighted by Gasteiger charge is -2.26. The second-order valence-electron chi connectivity index (χ2n) is 6.13. The number of nitrogens with one attached hydrogen (secondary N) is 1. The van der Waals surface area contributed by atoms with Gasteiger partial charge in [-0.1, -0.05) is 25.7 Å². The first-order valence-corrected chi connectivity index (χ1v) is 8.85. The summed E-state index contributed by atoms with van der Waals surface area (Å²) in [6, 6.07) is 0. The minimum Gasteiger partial charge on any atom is -0.388 e. The van der Waals surface area contributed by atoms with Gasteiger partial charge in [0.25, 0.3) is 0 Å². The zero-order valence-electron chi connectivity index (χ0n) is 12.9. The third-order valence-electron chi connectivity index (χ3n) is 4.15. The van der Waals surface area contributed by atoms with E-state index in [1.165, 1.54) is 12.8 Å². The Bertz CT molecular complexity index is 451. The standard InChI is InChI=1S/C16H26N2O2S/c1-13-18-14(11-21-13)7-6-8-15(19)17-12-16(20)9-4-2-3-5-10-16/h11,20H,2-10,12H2,1H3,(H,17,19). The predicted molar refractivity (Wildman–Crippen MR) is 85.5 cm³/mol. The Labute approximate surface area is 131 Å². The molecule has 0 aromatic carbocycles. The number of hydrogen-bond donors (Lipinski definition) is 2. The minimum absolute atomic E-state index is 0.0413. The zero-order chi connectivity index (χ0) is 15.1. The predicted octanol–water partition coefficient (Wildman–Crippen LogP) is 2.98. The maximum Gasteiger partial charge on any atom is 0.220 e. The number of aryl methyl sites for hydroxylation is 2. The molecule has 4 nitrogen and oxygen atoms in total. The molecule has 2 N–H and O–H groups in total. The molecule has 1 heterocycles. The van der Waals surface area contributed by atoms with E-state index in [1.54, 1.807) is 11.3 Å². The number of thiazole rings is 1. The lowest BCUT2D eigenvalue weighted by Crippen LogP contribution is -2.42. The summed E-state index contributed by atoms with van der Waals surface area (Å²) in [5.74, 6) is 0.0413. The van der Waals surface area contributed by atoms with Crippen LogP contribution < -0.4 is 5.32 Å². The van der Waals surface area contributed by atoms with Gasteiger partial charge in [-0.25, -0.2) is 4.98 Å². The Hall–Kier alpha value is -0.940. The molecule has 0 unspecified atom stereocenters. The summed E-state index contributed by atoms with van der Waals surface area (Å²) in [5, 5.41) is 16.5. The Balaban J connectivity index is 1.64. The van der Waals surface area contributed by atoms with E-state index >= 15 is 0 Å². The summed E-state index contributed by atoms with van der Waals surface area (Å²) in [7, 11) is 0. The van der Waals surface area contributed by atoms with Crippen LogP contribution in [-0.4, -0.2) is 28.1 Å². The third kappa shape index (κ3) is 5.75. The molecule has 1 aromatic rings. The van der Waals surface area contributed by atoms with E-state index in [-0.39, 0.29) is 5.91 Å². The van der Waals surface area contributed by atoms with Gasteiger partial charge in [-0.3, -0.25) is 4.79 Å². The highest BCUT2D eigenvalue weighted by Crippen LogP contribution is 2.26. The van der Waals surface area contributed by atoms with Gasteiger partial charge >= 0.3 is 0 Å². The number of aliphatic hydroxyl groups is 1. The highest BCUT2D eigenvalue weighted by molar-refractivity contribution is 7.09. The molecular formula is C16H26N2O2S. The molecule has 21 heavy (non-hydrogen) atoms. The Kier molecular flexibility index (Phi) is 6.18. The van der Waals surface area contributed by atoms with Crippen molar-refractivity contribution in [1.82, 2.24) is 10.3 Å². The molecule has 0 aliphatic heterocycles. The number of carbonyl (C=O) groups is 1. The van der Waals surface area contributed by atoms with Gasteiger partial charge in [-0.05, 0) is 32.6 Å². The highest BCUT2D eigenvalue weighted by Gasteiger charge is 2.28. The van der Waals surface area contributed by atoms with Crippen LogP contribution in [0.2, 0.25) is 0 Å². The van der Waals surface area contributed by atoms with E-state index in [4.69, 9.17) is 0 Å². The largest absolute Gasteiger partial charge is 0.388 e. The summed E-state index contributed by atoms with van der Waals surface area (Å²) >= 11 is 1.65. The fourth-order valence-corrected chi connectivity index (χ4v) is 3.52. The number of aromatic nitrogens is 1. The zero-order valence-corrected chi connectivity index (χ0v) is 13.7. The Morgan fingerprint density at radius 3 is 2.71 bits per heavy atom. The van der Waals surface area contributed by atoms with Crippen molar-refractivity contribution in [3.8, 4) is 0 Å². The van der Waals surface area contributed by atoms with E-state index in [0.29, 0.717) is 13.0 Å². The van der Waals surface area contributed by atoms with Gasteiger partial charge in [0.1, 0.15) is 0 Å². The summed E-state index contributed by atoms with van der Waals surface area (Å²) in [4.78, 5) is 16.3. The summed E-state index contributed by atoms with van der Waals surface area (Å²) in [6.45, 7) is 2.40. The van der Waals surface area contributed by atoms with Crippen LogP contribution >= 0.6 is 11.3 Å². The lowest BCUT2D eigenvalue weighted by molar-refractivity contribution is -0.122. The number of carbonyl (C=O) groups excluding carboxylic acids is 1. The number of amides is 1. The average Bonchev–Trinajstić information content (AvgIpc) is 2.74. The molecule has 1 aliphatic carbocycles. The van der Waals surface area contributed by atoms with Crippen LogP contribution in [0.5, 0.6) is 0 Å². The molecule has 0 radical (unpaired) electrons. The highest BCUT2D eigenvalue weighted by atomic mass is 32.1. The molecule has 1 fully saturated rings. The summed E-state index contributed by atoms with van der Waals surface area (Å²) < 4.78 is 0. The topological polar surface area (TPSA) is 62.2 Å². The second kappa shape index (κ2) is 7.90. The van der Waals surface area contributed by atoms with Crippen molar-refractivity contribution in [2.45, 2.75) is 70.3 Å². The van der Waals surface area contributed by atoms with Gasteiger partial charge in [-0.2, -0.15) is 0 Å². The van der Waals surface area contributed by atoms with Crippen molar-refractivity contribution >= 4 is 17.2 Å². The van der Waals surface area contributed by atoms with E-state index in [9.17, 15) is 9.90 Å². The van der Waals surface area contributed by atoms with Gasteiger partial charge in [-0.15, -0.1) is 11.3 Å². The quantitative estimate of drug-likeness (QED) is 0.794. The number of hydrogen-bond acceptors (Lipinski definition) is 4. The fraction of sp³-hybridized carbons (Fsp3) is 0.750. The normalized spacial score (nSPS) is 18.2. The summed E-state index contributed by atoms with van der Waals surface area (Å²) in [5.41, 5.74) is 0.394. The smallest absolute Gasteiger partial charge is 0.220 e. The fourth-order valence-electron chi connectivity index (χ4n) is 2.87. The van der Waals surface area contributed by atoms with Crippen molar-refractivity contribution in [1.29, 1.82) is 0 Å². The van der Waals surface area contributed by atoms with Gasteiger partial charge in [0.15, 0.2) is 0 Å². The van der Waals surface area contributed by atoms with E-state index in [1.807, 2.05) is 6.92 Å². The number of rotatable bonds is 6. The lowest BCUT2D eigenvalue weighted by atomic mass is 9.94. The van der Waals surface area contributed by atoms with Crippen LogP contribution in [0.25, 0.3) is 0 Å². The van der Waals surface area contributed by atoms with Crippen LogP contribution in [0, 0.1) is 6.92 Å². The van der Waals surface area contributed by atoms with Crippen molar-refractivity contribution in [2.24, 2.45) is 0 Å². The maximum atomic E-state index is 11.9. The molecule has 1 aromatic heterocycles. The van der Waals surface area contributed by atoms with Crippen molar-refractivity contribution in [2.75, 3.05) is 6.54 Å². The molecule has 1 saturated carbocycles. The van der Waals surface area contributed by atoms with Crippen LogP contribution in [0.4, 0.5) is 0 Å². The third-order valence-corrected chi connectivity index (χ3v) is 4.97. The SMILES string of the molecule is Cc1nc(CCCC(=O)NCC2(O)CCCCCC2)cs1. The second-order valence-corrected chi connectivity index (χ2v) is 7.19. The molecule has 0 bridgehead atoms. The van der Waals surface area contributed by atoms with E-state index < -0.39 is 5.60 Å². The van der Waals surface area contributed by atoms with Crippen molar-refractivity contribution < 1.29 is 9.90 Å². The molecular weight excluding hydrogens is 284 g/mol. The molecule has 1 amide bonds. The first-order valence-electron chi connectivity index (χ1n) is 7.97. The molecule has 0 spiro atoms. The monoisotopic (exact) mass is 310 g/mol. The maximum absolute atomic E-state index is 11.9. The summed E-state index contributed by atoms with van der Waals surface area (Å²) in [6.07, 6.45) is 8.32. The first-order chi connectivity index (χ1) is 10.1. The first kappa shape index (κ1) is 16.4. The van der Waals surface area contributed by atoms with Gasteiger partial charge in [0.05, 0.1) is 16.3 Å². The van der Waals surface area contributed by atoms with Crippen LogP contribution in [0.3, 0.4) is 0 Å². The minimum atomic E-state index is -0.682. The molecule has 118 valence electrons. The van der Waals surface area contributed by atoms with Crippen LogP contribution in [0.15, 0.2) is 5.38 Å². The van der Waals surface area contributed by atoms with Gasteiger partial charge in [0.2, 0.25) is 5.91 Å². The molecule has 2 rings (SSSR count). The van der Waals surface area contributed by atoms with Gasteiger partial charge < -0.3 is 10.4 Å². The van der Waals surface area contributed by atoms with E-state index in [0.717, 1.165) is 49.2 Å². The Morgan fingerprint density at radius 2 is 2.10 bits per heavy atom. The van der Waals surface area contributed by atoms with Crippen molar-refractivity contribution in [3.05, 3.63) is 16.1 Å². The van der Waals surface area contributed by atoms with Crippen molar-refractivity contribution in [3.63, 3.8) is 0 Å². The molecule has 1 aliphatic rings. The Morgan fingerprint density at radius 1 is 1.38 bits per heavy atom.